The van der Waals surface area contributed by atoms with Gasteiger partial charge in [0.1, 0.15) is 0 Å². The van der Waals surface area contributed by atoms with Gasteiger partial charge in [0.25, 0.3) is 0 Å². The molecule has 17 heavy (non-hydrogen) atoms. The van der Waals surface area contributed by atoms with Gasteiger partial charge in [-0.1, -0.05) is 12.8 Å². The Labute approximate surface area is 107 Å². The zero-order valence-corrected chi connectivity index (χ0v) is 10.7. The number of anilines is 1. The molecule has 5 heteroatoms. The van der Waals surface area contributed by atoms with E-state index in [0.717, 1.165) is 5.69 Å². The highest BCUT2D eigenvalue weighted by Gasteiger charge is 2.15. The van der Waals surface area contributed by atoms with Gasteiger partial charge in [-0.25, -0.2) is 4.98 Å². The van der Waals surface area contributed by atoms with E-state index in [1.54, 1.807) is 19.4 Å². The van der Waals surface area contributed by atoms with Crippen LogP contribution in [0, 0.1) is 0 Å². The molecule has 1 heterocycles. The molecule has 0 saturated heterocycles. The molecule has 0 spiro atoms. The number of nitrogens with zero attached hydrogens (tertiary/aromatic N) is 1. The van der Waals surface area contributed by atoms with Crippen LogP contribution in [0.3, 0.4) is 0 Å². The molecule has 92 valence electrons. The van der Waals surface area contributed by atoms with Crippen LogP contribution in [-0.2, 0) is 0 Å². The zero-order chi connectivity index (χ0) is 12.1. The molecule has 1 fully saturated rings. The third-order valence-corrected chi connectivity index (χ3v) is 3.11. The Morgan fingerprint density at radius 3 is 2.76 bits per heavy atom. The average Bonchev–Trinajstić information content (AvgIpc) is 2.82. The summed E-state index contributed by atoms with van der Waals surface area (Å²) in [4.78, 5) is 4.11. The molecular weight excluding hydrogens is 234 g/mol. The summed E-state index contributed by atoms with van der Waals surface area (Å²) in [5.74, 6) is 0.602. The van der Waals surface area contributed by atoms with E-state index in [4.69, 9.17) is 17.0 Å². The summed E-state index contributed by atoms with van der Waals surface area (Å²) >= 11 is 5.25. The van der Waals surface area contributed by atoms with E-state index in [-0.39, 0.29) is 0 Å². The van der Waals surface area contributed by atoms with Gasteiger partial charge in [0.05, 0.1) is 19.0 Å². The van der Waals surface area contributed by atoms with Gasteiger partial charge in [0.2, 0.25) is 5.88 Å². The highest BCUT2D eigenvalue weighted by atomic mass is 32.1. The average molecular weight is 251 g/mol. The van der Waals surface area contributed by atoms with E-state index in [2.05, 4.69) is 15.6 Å². The summed E-state index contributed by atoms with van der Waals surface area (Å²) < 4.78 is 4.99. The van der Waals surface area contributed by atoms with Crippen LogP contribution >= 0.6 is 12.2 Å². The van der Waals surface area contributed by atoms with Crippen LogP contribution in [0.5, 0.6) is 5.88 Å². The second-order valence-electron chi connectivity index (χ2n) is 4.17. The monoisotopic (exact) mass is 251 g/mol. The lowest BCUT2D eigenvalue weighted by atomic mass is 10.3. The van der Waals surface area contributed by atoms with Crippen molar-refractivity contribution in [3.05, 3.63) is 18.3 Å². The van der Waals surface area contributed by atoms with Crippen LogP contribution in [0.1, 0.15) is 25.7 Å². The Bertz CT molecular complexity index is 374. The van der Waals surface area contributed by atoms with Crippen molar-refractivity contribution in [3.8, 4) is 5.88 Å². The lowest BCUT2D eigenvalue weighted by Gasteiger charge is -2.15. The number of thiocarbonyl (C=S) groups is 1. The lowest BCUT2D eigenvalue weighted by molar-refractivity contribution is 0.398. The van der Waals surface area contributed by atoms with Crippen LogP contribution in [0.25, 0.3) is 0 Å². The quantitative estimate of drug-likeness (QED) is 0.807. The second kappa shape index (κ2) is 5.82. The molecule has 1 aliphatic carbocycles. The van der Waals surface area contributed by atoms with Crippen molar-refractivity contribution in [1.82, 2.24) is 10.3 Å². The van der Waals surface area contributed by atoms with Gasteiger partial charge in [-0.05, 0) is 31.1 Å². The standard InChI is InChI=1S/C12H17N3OS/c1-16-11-7-6-10(8-13-11)15-12(17)14-9-4-2-3-5-9/h6-9H,2-5H2,1H3,(H2,14,15,17). The molecular formula is C12H17N3OS. The van der Waals surface area contributed by atoms with Gasteiger partial charge in [0.15, 0.2) is 5.11 Å². The zero-order valence-electron chi connectivity index (χ0n) is 9.90. The van der Waals surface area contributed by atoms with Crippen LogP contribution in [-0.4, -0.2) is 23.2 Å². The third-order valence-electron chi connectivity index (χ3n) is 2.89. The minimum absolute atomic E-state index is 0.529. The number of methoxy groups -OCH3 is 1. The first-order chi connectivity index (χ1) is 8.28. The van der Waals surface area contributed by atoms with Crippen molar-refractivity contribution in [1.29, 1.82) is 0 Å². The number of rotatable bonds is 3. The maximum Gasteiger partial charge on any atom is 0.213 e. The molecule has 1 saturated carbocycles. The number of ether oxygens (including phenoxy) is 1. The van der Waals surface area contributed by atoms with E-state index in [1.165, 1.54) is 25.7 Å². The SMILES string of the molecule is COc1ccc(NC(=S)NC2CCCC2)cn1. The second-order valence-corrected chi connectivity index (χ2v) is 4.58. The van der Waals surface area contributed by atoms with Crippen molar-refractivity contribution < 1.29 is 4.74 Å². The third kappa shape index (κ3) is 3.56. The smallest absolute Gasteiger partial charge is 0.213 e. The molecule has 0 atom stereocenters. The number of aromatic nitrogens is 1. The Kier molecular flexibility index (Phi) is 4.14. The van der Waals surface area contributed by atoms with E-state index in [9.17, 15) is 0 Å². The molecule has 2 rings (SSSR count). The molecule has 0 unspecified atom stereocenters. The number of hydrogen-bond donors (Lipinski definition) is 2. The highest BCUT2D eigenvalue weighted by Crippen LogP contribution is 2.18. The first kappa shape index (κ1) is 12.1. The van der Waals surface area contributed by atoms with E-state index in [1.807, 2.05) is 6.07 Å². The van der Waals surface area contributed by atoms with Gasteiger partial charge in [-0.3, -0.25) is 0 Å². The molecule has 1 aromatic rings. The van der Waals surface area contributed by atoms with Crippen LogP contribution < -0.4 is 15.4 Å². The fourth-order valence-electron chi connectivity index (χ4n) is 2.00. The summed E-state index contributed by atoms with van der Waals surface area (Å²) in [6.45, 7) is 0. The minimum Gasteiger partial charge on any atom is -0.481 e. The fourth-order valence-corrected chi connectivity index (χ4v) is 2.28. The number of pyridine rings is 1. The first-order valence-corrected chi connectivity index (χ1v) is 6.26. The maximum atomic E-state index is 5.25. The molecule has 1 aliphatic rings. The van der Waals surface area contributed by atoms with Gasteiger partial charge >= 0.3 is 0 Å². The summed E-state index contributed by atoms with van der Waals surface area (Å²) in [6.07, 6.45) is 6.72. The van der Waals surface area contributed by atoms with Crippen LogP contribution in [0.2, 0.25) is 0 Å². The van der Waals surface area contributed by atoms with Crippen LogP contribution in [0.15, 0.2) is 18.3 Å². The minimum atomic E-state index is 0.529. The lowest BCUT2D eigenvalue weighted by Crippen LogP contribution is -2.35. The number of nitrogens with one attached hydrogen (secondary N) is 2. The molecule has 4 nitrogen and oxygen atoms in total. The van der Waals surface area contributed by atoms with Crippen LogP contribution in [0.4, 0.5) is 5.69 Å². The van der Waals surface area contributed by atoms with E-state index < -0.39 is 0 Å². The van der Waals surface area contributed by atoms with Gasteiger partial charge in [0, 0.05) is 12.1 Å². The number of hydrogen-bond acceptors (Lipinski definition) is 3. The highest BCUT2D eigenvalue weighted by molar-refractivity contribution is 7.80. The fraction of sp³-hybridized carbons (Fsp3) is 0.500. The molecule has 0 amide bonds. The van der Waals surface area contributed by atoms with Gasteiger partial charge in [-0.15, -0.1) is 0 Å². The van der Waals surface area contributed by atoms with Crippen molar-refractivity contribution >= 4 is 23.0 Å². The summed E-state index contributed by atoms with van der Waals surface area (Å²) in [5.41, 5.74) is 0.876. The Morgan fingerprint density at radius 2 is 2.18 bits per heavy atom. The first-order valence-electron chi connectivity index (χ1n) is 5.85. The largest absolute Gasteiger partial charge is 0.481 e. The van der Waals surface area contributed by atoms with Gasteiger partial charge < -0.3 is 15.4 Å². The normalized spacial score (nSPS) is 15.6. The molecule has 0 aliphatic heterocycles. The van der Waals surface area contributed by atoms with Crippen molar-refractivity contribution in [2.45, 2.75) is 31.7 Å². The van der Waals surface area contributed by atoms with Crippen molar-refractivity contribution in [3.63, 3.8) is 0 Å². The summed E-state index contributed by atoms with van der Waals surface area (Å²) in [7, 11) is 1.60. The topological polar surface area (TPSA) is 46.2 Å². The van der Waals surface area contributed by atoms with Gasteiger partial charge in [-0.2, -0.15) is 0 Å². The van der Waals surface area contributed by atoms with Crippen molar-refractivity contribution in [2.24, 2.45) is 0 Å². The summed E-state index contributed by atoms with van der Waals surface area (Å²) in [5, 5.41) is 7.11. The summed E-state index contributed by atoms with van der Waals surface area (Å²) in [6, 6.07) is 4.23. The molecule has 0 radical (unpaired) electrons. The van der Waals surface area contributed by atoms with E-state index >= 15 is 0 Å². The Hall–Kier alpha value is -1.36. The predicted molar refractivity (Wildman–Crippen MR) is 72.4 cm³/mol. The van der Waals surface area contributed by atoms with Crippen molar-refractivity contribution in [2.75, 3.05) is 12.4 Å². The molecule has 1 aromatic heterocycles. The molecule has 0 aromatic carbocycles. The Balaban J connectivity index is 1.84. The maximum absolute atomic E-state index is 5.25. The molecule has 2 N–H and O–H groups in total. The van der Waals surface area contributed by atoms with E-state index in [0.29, 0.717) is 17.0 Å². The molecule has 0 bridgehead atoms. The predicted octanol–water partition coefficient (Wildman–Crippen LogP) is 2.32. The Morgan fingerprint density at radius 1 is 1.41 bits per heavy atom.